The first-order valence-corrected chi connectivity index (χ1v) is 20.8. The van der Waals surface area contributed by atoms with E-state index in [1.807, 2.05) is 40.7 Å². The number of hydrogen-bond acceptors (Lipinski definition) is 9. The van der Waals surface area contributed by atoms with Crippen molar-refractivity contribution < 1.29 is 67.7 Å². The van der Waals surface area contributed by atoms with Gasteiger partial charge in [0.15, 0.2) is 5.82 Å². The van der Waals surface area contributed by atoms with Gasteiger partial charge in [-0.15, -0.1) is 6.42 Å². The lowest BCUT2D eigenvalue weighted by molar-refractivity contribution is -0.447. The summed E-state index contributed by atoms with van der Waals surface area (Å²) in [6.45, 7) is 14.3. The largest absolute Gasteiger partial charge is 0.461 e. The molecule has 2 aromatic carbocycles. The average Bonchev–Trinajstić information content (AvgIpc) is 3.52. The van der Waals surface area contributed by atoms with Crippen molar-refractivity contribution in [3.8, 4) is 29.6 Å². The van der Waals surface area contributed by atoms with Gasteiger partial charge in [0.1, 0.15) is 35.1 Å². The number of hydrogen-bond donors (Lipinski definition) is 1. The van der Waals surface area contributed by atoms with Crippen LogP contribution in [-0.4, -0.2) is 117 Å². The molecule has 2 aromatic heterocycles. The summed E-state index contributed by atoms with van der Waals surface area (Å²) < 4.78 is 147. The molecule has 0 bridgehead atoms. The summed E-state index contributed by atoms with van der Waals surface area (Å²) in [5.74, 6) is 1.79. The summed E-state index contributed by atoms with van der Waals surface area (Å²) in [5.41, 5.74) is -6.27. The Morgan fingerprint density at radius 1 is 0.923 bits per heavy atom. The zero-order valence-corrected chi connectivity index (χ0v) is 36.6. The molecule has 356 valence electrons. The molecule has 1 unspecified atom stereocenters. The minimum Gasteiger partial charge on any atom is -0.461 e. The van der Waals surface area contributed by atoms with Gasteiger partial charge in [-0.1, -0.05) is 51.0 Å². The zero-order chi connectivity index (χ0) is 48.7. The number of terminal acetylenes is 1. The quantitative estimate of drug-likeness (QED) is 0.155. The van der Waals surface area contributed by atoms with E-state index in [-0.39, 0.29) is 40.5 Å². The first-order valence-electron chi connectivity index (χ1n) is 20.8. The fourth-order valence-corrected chi connectivity index (χ4v) is 8.19. The van der Waals surface area contributed by atoms with Crippen LogP contribution >= 0.6 is 0 Å². The van der Waals surface area contributed by atoms with Gasteiger partial charge >= 0.3 is 36.2 Å². The van der Waals surface area contributed by atoms with Gasteiger partial charge in [0, 0.05) is 36.6 Å². The van der Waals surface area contributed by atoms with Gasteiger partial charge in [-0.05, 0) is 77.9 Å². The number of nitrogens with zero attached hydrogens (tertiary/aromatic N) is 6. The van der Waals surface area contributed by atoms with Gasteiger partial charge in [-0.3, -0.25) is 4.90 Å². The number of likely N-dealkylation sites (N-methyl/N-ethyl adjacent to an activating group) is 1. The summed E-state index contributed by atoms with van der Waals surface area (Å²) in [7, 11) is 2.10. The van der Waals surface area contributed by atoms with Gasteiger partial charge < -0.3 is 24.4 Å². The third-order valence-electron chi connectivity index (χ3n) is 11.6. The highest BCUT2D eigenvalue weighted by atomic mass is 19.4. The Balaban J connectivity index is 0.000000426. The number of carbonyl (C=O) groups excluding carboxylic acids is 1. The number of aromatic nitrogens is 3. The number of anilines is 1. The number of halogens is 11. The molecule has 0 spiro atoms. The zero-order valence-electron chi connectivity index (χ0n) is 36.6. The normalized spacial score (nSPS) is 19.4. The van der Waals surface area contributed by atoms with Crippen molar-refractivity contribution in [2.75, 3.05) is 44.7 Å². The standard InChI is InChI=1S/C38H42F2N6O3.C4HF9O.C2H6/c1-7-25-27(39)15-13-23-11-9-12-26(29(23)25)32-31(40)33-30-28(41-32)16-14-24-21-45(36(47)49-37(3,4)5)19-20-46(24)34(30)43-35(42-33)48-22-38(8-2)17-10-18-44(38)6;5-2(6,7)1(14,3(8,9)10)4(11,12)13;1-2/h1,9,11-13,15,24H,8,10,14,16-22H2,2-6H3;14H;1-2H3/t24?,38-;;/m1../s1. The Bertz CT molecular complexity index is 2390. The molecule has 2 fully saturated rings. The number of fused-ring (bicyclic) bond motifs is 3. The molecule has 1 N–H and O–H groups in total. The number of benzene rings is 2. The van der Waals surface area contributed by atoms with Crippen molar-refractivity contribution in [1.29, 1.82) is 0 Å². The van der Waals surface area contributed by atoms with E-state index in [4.69, 9.17) is 36.0 Å². The van der Waals surface area contributed by atoms with Crippen LogP contribution in [0.3, 0.4) is 0 Å². The van der Waals surface area contributed by atoms with Crippen LogP contribution in [0.1, 0.15) is 78.5 Å². The molecule has 7 rings (SSSR count). The number of amides is 1. The number of piperazine rings is 1. The molecule has 1 amide bonds. The Hall–Kier alpha value is -5.23. The predicted octanol–water partition coefficient (Wildman–Crippen LogP) is 10.2. The van der Waals surface area contributed by atoms with Crippen LogP contribution in [0.5, 0.6) is 6.01 Å². The van der Waals surface area contributed by atoms with Crippen LogP contribution < -0.4 is 9.64 Å². The fourth-order valence-electron chi connectivity index (χ4n) is 8.19. The number of likely N-dealkylation sites (tertiary alicyclic amines) is 1. The molecule has 2 atom stereocenters. The van der Waals surface area contributed by atoms with Gasteiger partial charge in [0.05, 0.1) is 22.2 Å². The second-order valence-corrected chi connectivity index (χ2v) is 16.7. The van der Waals surface area contributed by atoms with E-state index in [0.29, 0.717) is 72.3 Å². The van der Waals surface area contributed by atoms with Crippen molar-refractivity contribution in [3.63, 3.8) is 0 Å². The molecule has 4 aromatic rings. The van der Waals surface area contributed by atoms with E-state index in [0.717, 1.165) is 25.8 Å². The number of pyridine rings is 1. The summed E-state index contributed by atoms with van der Waals surface area (Å²) in [6.07, 6.45) is -11.1. The fraction of sp³-hybridized carbons (Fsp3) is 0.545. The number of carbonyl (C=O) groups is 1. The minimum absolute atomic E-state index is 0.0432. The summed E-state index contributed by atoms with van der Waals surface area (Å²) in [5, 5.41) is 9.26. The van der Waals surface area contributed by atoms with Crippen molar-refractivity contribution >= 4 is 33.6 Å². The van der Waals surface area contributed by atoms with Crippen LogP contribution in [-0.2, 0) is 11.2 Å². The lowest BCUT2D eigenvalue weighted by Crippen LogP contribution is -2.66. The van der Waals surface area contributed by atoms with E-state index in [1.165, 1.54) is 6.07 Å². The number of ether oxygens (including phenoxy) is 2. The second kappa shape index (κ2) is 18.6. The third kappa shape index (κ3) is 9.70. The number of aryl methyl sites for hydroxylation is 1. The molecular weight excluding hydrogens is 886 g/mol. The second-order valence-electron chi connectivity index (χ2n) is 16.7. The van der Waals surface area contributed by atoms with Crippen LogP contribution in [0.2, 0.25) is 0 Å². The number of alkyl halides is 9. The third-order valence-corrected chi connectivity index (χ3v) is 11.6. The minimum atomic E-state index is -6.87. The molecule has 65 heavy (non-hydrogen) atoms. The van der Waals surface area contributed by atoms with Gasteiger partial charge in [-0.25, -0.2) is 18.6 Å². The summed E-state index contributed by atoms with van der Waals surface area (Å²) >= 11 is 0. The van der Waals surface area contributed by atoms with Gasteiger partial charge in [-0.2, -0.15) is 49.5 Å². The lowest BCUT2D eigenvalue weighted by Gasteiger charge is -2.41. The van der Waals surface area contributed by atoms with Gasteiger partial charge in [0.2, 0.25) is 0 Å². The van der Waals surface area contributed by atoms with Crippen molar-refractivity contribution in [2.45, 2.75) is 115 Å². The topological polar surface area (TPSA) is 104 Å². The summed E-state index contributed by atoms with van der Waals surface area (Å²) in [4.78, 5) is 33.9. The highest BCUT2D eigenvalue weighted by molar-refractivity contribution is 6.02. The van der Waals surface area contributed by atoms with E-state index < -0.39 is 41.4 Å². The van der Waals surface area contributed by atoms with E-state index in [1.54, 1.807) is 23.1 Å². The van der Waals surface area contributed by atoms with Crippen molar-refractivity contribution in [2.24, 2.45) is 0 Å². The Morgan fingerprint density at radius 2 is 1.57 bits per heavy atom. The lowest BCUT2D eigenvalue weighted by atomic mass is 9.94. The highest BCUT2D eigenvalue weighted by Crippen LogP contribution is 2.52. The summed E-state index contributed by atoms with van der Waals surface area (Å²) in [6, 6.07) is 8.23. The van der Waals surface area contributed by atoms with Crippen LogP contribution in [0.25, 0.3) is 32.9 Å². The Kier molecular flexibility index (Phi) is 14.5. The molecule has 3 aliphatic rings. The van der Waals surface area contributed by atoms with E-state index in [2.05, 4.69) is 29.7 Å². The monoisotopic (exact) mass is 934 g/mol. The number of aliphatic hydroxyl groups is 1. The number of rotatable bonds is 5. The molecule has 2 saturated heterocycles. The maximum Gasteiger partial charge on any atom is 0.435 e. The smallest absolute Gasteiger partial charge is 0.435 e. The van der Waals surface area contributed by atoms with Crippen LogP contribution in [0.4, 0.5) is 58.9 Å². The molecule has 10 nitrogen and oxygen atoms in total. The maximum absolute atomic E-state index is 17.1. The Morgan fingerprint density at radius 3 is 2.11 bits per heavy atom. The van der Waals surface area contributed by atoms with E-state index >= 15 is 4.39 Å². The van der Waals surface area contributed by atoms with Crippen LogP contribution in [0, 0.1) is 24.0 Å². The molecule has 0 aliphatic carbocycles. The SMILES string of the molecule is C#Cc1c(F)ccc2cccc(-c3nc4c5c(nc(OC[C@@]6(CC)CCCN6C)nc5c3F)N3CCN(C(=O)OC(C)(C)C)CC3CC4)c12.CC.OC(C(F)(F)F)(C(F)(F)F)C(F)(F)F. The predicted molar refractivity (Wildman–Crippen MR) is 220 cm³/mol. The average molecular weight is 935 g/mol. The Labute approximate surface area is 368 Å². The highest BCUT2D eigenvalue weighted by Gasteiger charge is 2.83. The molecule has 0 saturated carbocycles. The first kappa shape index (κ1) is 50.8. The van der Waals surface area contributed by atoms with Gasteiger partial charge in [0.25, 0.3) is 0 Å². The first-order chi connectivity index (χ1) is 30.2. The molecule has 21 heteroatoms. The van der Waals surface area contributed by atoms with Crippen molar-refractivity contribution in [1.82, 2.24) is 24.8 Å². The van der Waals surface area contributed by atoms with E-state index in [9.17, 15) is 48.7 Å². The van der Waals surface area contributed by atoms with Crippen LogP contribution in [0.15, 0.2) is 30.3 Å². The van der Waals surface area contributed by atoms with Crippen molar-refractivity contribution in [3.05, 3.63) is 53.2 Å². The maximum atomic E-state index is 17.1. The molecule has 3 aliphatic heterocycles. The molecular formula is C44H49F11N6O4. The molecule has 0 radical (unpaired) electrons. The molecule has 5 heterocycles.